The second-order valence-corrected chi connectivity index (χ2v) is 2.37. The zero-order valence-corrected chi connectivity index (χ0v) is 6.61. The van der Waals surface area contributed by atoms with E-state index in [2.05, 4.69) is 4.74 Å². The Kier molecular flexibility index (Phi) is 5.99. The summed E-state index contributed by atoms with van der Waals surface area (Å²) in [6, 6.07) is 0. The van der Waals surface area contributed by atoms with Crippen LogP contribution in [0.15, 0.2) is 0 Å². The molecule has 0 heterocycles. The van der Waals surface area contributed by atoms with Crippen LogP contribution < -0.4 is 0 Å². The third-order valence-corrected chi connectivity index (χ3v) is 1.22. The van der Waals surface area contributed by atoms with Gasteiger partial charge in [0.15, 0.2) is 0 Å². The van der Waals surface area contributed by atoms with Gasteiger partial charge in [-0.3, -0.25) is 0 Å². The van der Waals surface area contributed by atoms with Crippen molar-refractivity contribution in [3.8, 4) is 5.40 Å². The molecule has 0 aromatic rings. The maximum atomic E-state index is 10.4. The Bertz CT molecular complexity index is 141. The summed E-state index contributed by atoms with van der Waals surface area (Å²) < 4.78 is 4.62. The molecule has 0 amide bonds. The molecule has 0 N–H and O–H groups in total. The van der Waals surface area contributed by atoms with E-state index >= 15 is 0 Å². The number of rotatable bonds is 3. The highest BCUT2D eigenvalue weighted by molar-refractivity contribution is 8.17. The van der Waals surface area contributed by atoms with E-state index in [-0.39, 0.29) is 0 Å². The van der Waals surface area contributed by atoms with Gasteiger partial charge in [-0.15, -0.1) is 0 Å². The van der Waals surface area contributed by atoms with Crippen LogP contribution in [-0.4, -0.2) is 11.9 Å². The minimum atomic E-state index is -0.504. The van der Waals surface area contributed by atoms with Crippen LogP contribution in [0.1, 0.15) is 19.8 Å². The van der Waals surface area contributed by atoms with Gasteiger partial charge >= 0.3 is 5.30 Å². The standard InChI is InChI=1S/C6H9NO2S/c1-2-3-4-9-6(8)10-5-7/h2-4H2,1H3. The zero-order chi connectivity index (χ0) is 7.82. The lowest BCUT2D eigenvalue weighted by Gasteiger charge is -1.97. The molecule has 0 rings (SSSR count). The second-order valence-electron chi connectivity index (χ2n) is 1.65. The minimum Gasteiger partial charge on any atom is -0.457 e. The third-order valence-electron chi connectivity index (χ3n) is 0.847. The molecule has 0 bridgehead atoms. The van der Waals surface area contributed by atoms with Crippen LogP contribution in [0.2, 0.25) is 0 Å². The van der Waals surface area contributed by atoms with E-state index in [4.69, 9.17) is 5.26 Å². The third kappa shape index (κ3) is 5.45. The minimum absolute atomic E-state index is 0.421. The largest absolute Gasteiger partial charge is 0.457 e. The molecule has 0 atom stereocenters. The number of carbonyl (C=O) groups is 1. The highest BCUT2D eigenvalue weighted by atomic mass is 32.2. The lowest BCUT2D eigenvalue weighted by molar-refractivity contribution is 0.173. The predicted molar refractivity (Wildman–Crippen MR) is 39.5 cm³/mol. The Morgan fingerprint density at radius 3 is 3.00 bits per heavy atom. The van der Waals surface area contributed by atoms with Crippen LogP contribution in [0.4, 0.5) is 4.79 Å². The van der Waals surface area contributed by atoms with Gasteiger partial charge in [-0.2, -0.15) is 5.26 Å². The number of carbonyl (C=O) groups excluding carboxylic acids is 1. The molecule has 0 spiro atoms. The molecular weight excluding hydrogens is 150 g/mol. The van der Waals surface area contributed by atoms with Gasteiger partial charge in [0.2, 0.25) is 0 Å². The number of unbranched alkanes of at least 4 members (excludes halogenated alkanes) is 1. The molecule has 56 valence electrons. The Balaban J connectivity index is 3.15. The Morgan fingerprint density at radius 2 is 2.50 bits per heavy atom. The summed E-state index contributed by atoms with van der Waals surface area (Å²) in [7, 11) is 0. The van der Waals surface area contributed by atoms with Crippen LogP contribution >= 0.6 is 11.8 Å². The first-order valence-corrected chi connectivity index (χ1v) is 3.85. The average molecular weight is 159 g/mol. The fraction of sp³-hybridized carbons (Fsp3) is 0.667. The van der Waals surface area contributed by atoms with Crippen molar-refractivity contribution in [2.24, 2.45) is 0 Å². The molecule has 0 aliphatic carbocycles. The Labute approximate surface area is 64.4 Å². The first-order chi connectivity index (χ1) is 4.81. The highest BCUT2D eigenvalue weighted by Crippen LogP contribution is 2.02. The van der Waals surface area contributed by atoms with E-state index in [0.29, 0.717) is 18.4 Å². The fourth-order valence-corrected chi connectivity index (χ4v) is 0.583. The topological polar surface area (TPSA) is 50.1 Å². The van der Waals surface area contributed by atoms with Crippen molar-refractivity contribution in [2.45, 2.75) is 19.8 Å². The summed E-state index contributed by atoms with van der Waals surface area (Å²) in [5, 5.41) is 9.14. The van der Waals surface area contributed by atoms with Crippen LogP contribution in [0.3, 0.4) is 0 Å². The van der Waals surface area contributed by atoms with Crippen molar-refractivity contribution < 1.29 is 9.53 Å². The van der Waals surface area contributed by atoms with Crippen molar-refractivity contribution >= 4 is 17.1 Å². The van der Waals surface area contributed by atoms with Gasteiger partial charge < -0.3 is 4.74 Å². The van der Waals surface area contributed by atoms with Gasteiger partial charge in [-0.05, 0) is 6.42 Å². The van der Waals surface area contributed by atoms with Crippen molar-refractivity contribution in [1.29, 1.82) is 5.26 Å². The molecule has 0 aromatic carbocycles. The van der Waals surface area contributed by atoms with E-state index in [1.54, 1.807) is 5.40 Å². The SMILES string of the molecule is CCCCOC(=O)SC#N. The maximum Gasteiger partial charge on any atom is 0.382 e. The molecule has 0 saturated heterocycles. The summed E-state index contributed by atoms with van der Waals surface area (Å²) in [6.45, 7) is 2.43. The number of nitrogens with zero attached hydrogens (tertiary/aromatic N) is 1. The van der Waals surface area contributed by atoms with Crippen molar-refractivity contribution in [3.63, 3.8) is 0 Å². The number of thiocyanates is 1. The van der Waals surface area contributed by atoms with Gasteiger partial charge in [-0.1, -0.05) is 13.3 Å². The maximum absolute atomic E-state index is 10.4. The number of thioether (sulfide) groups is 1. The quantitative estimate of drug-likeness (QED) is 0.359. The molecule has 0 aliphatic rings. The molecule has 3 nitrogen and oxygen atoms in total. The monoisotopic (exact) mass is 159 g/mol. The fourth-order valence-electron chi connectivity index (χ4n) is 0.367. The van der Waals surface area contributed by atoms with Crippen LogP contribution in [-0.2, 0) is 4.74 Å². The molecule has 0 saturated carbocycles. The first kappa shape index (κ1) is 9.31. The molecule has 0 aromatic heterocycles. The normalized spacial score (nSPS) is 8.40. The zero-order valence-electron chi connectivity index (χ0n) is 5.79. The molecule has 0 unspecified atom stereocenters. The van der Waals surface area contributed by atoms with Crippen LogP contribution in [0.5, 0.6) is 0 Å². The van der Waals surface area contributed by atoms with Crippen molar-refractivity contribution in [1.82, 2.24) is 0 Å². The Hall–Kier alpha value is -0.690. The lowest BCUT2D eigenvalue weighted by atomic mass is 10.4. The number of ether oxygens (including phenoxy) is 1. The summed E-state index contributed by atoms with van der Waals surface area (Å²) in [4.78, 5) is 10.4. The molecule has 4 heteroatoms. The molecule has 10 heavy (non-hydrogen) atoms. The van der Waals surface area contributed by atoms with Gasteiger partial charge in [0.1, 0.15) is 5.40 Å². The van der Waals surface area contributed by atoms with E-state index in [1.807, 2.05) is 6.92 Å². The van der Waals surface area contributed by atoms with Crippen molar-refractivity contribution in [2.75, 3.05) is 6.61 Å². The number of hydrogen-bond donors (Lipinski definition) is 0. The molecule has 0 radical (unpaired) electrons. The summed E-state index contributed by atoms with van der Waals surface area (Å²) in [5.41, 5.74) is 0. The summed E-state index contributed by atoms with van der Waals surface area (Å²) >= 11 is 0.526. The molecular formula is C6H9NO2S. The number of hydrogen-bond acceptors (Lipinski definition) is 4. The van der Waals surface area contributed by atoms with Gasteiger partial charge in [-0.25, -0.2) is 4.79 Å². The predicted octanol–water partition coefficient (Wildman–Crippen LogP) is 2.14. The highest BCUT2D eigenvalue weighted by Gasteiger charge is 1.99. The van der Waals surface area contributed by atoms with Crippen molar-refractivity contribution in [3.05, 3.63) is 0 Å². The smallest absolute Gasteiger partial charge is 0.382 e. The summed E-state index contributed by atoms with van der Waals surface area (Å²) in [6.07, 6.45) is 1.85. The van der Waals surface area contributed by atoms with E-state index < -0.39 is 5.30 Å². The lowest BCUT2D eigenvalue weighted by Crippen LogP contribution is -1.97. The summed E-state index contributed by atoms with van der Waals surface area (Å²) in [5.74, 6) is 0. The first-order valence-electron chi connectivity index (χ1n) is 3.04. The number of nitriles is 1. The van der Waals surface area contributed by atoms with Crippen LogP contribution in [0.25, 0.3) is 0 Å². The van der Waals surface area contributed by atoms with Gasteiger partial charge in [0, 0.05) is 0 Å². The van der Waals surface area contributed by atoms with Gasteiger partial charge in [0.05, 0.1) is 18.4 Å². The van der Waals surface area contributed by atoms with E-state index in [9.17, 15) is 4.79 Å². The van der Waals surface area contributed by atoms with Crippen LogP contribution in [0, 0.1) is 10.7 Å². The average Bonchev–Trinajstić information content (AvgIpc) is 1.89. The molecule has 0 fully saturated rings. The second kappa shape index (κ2) is 6.43. The van der Waals surface area contributed by atoms with E-state index in [1.165, 1.54) is 0 Å². The van der Waals surface area contributed by atoms with E-state index in [0.717, 1.165) is 12.8 Å². The Morgan fingerprint density at radius 1 is 1.80 bits per heavy atom. The van der Waals surface area contributed by atoms with Gasteiger partial charge in [0.25, 0.3) is 0 Å². The molecule has 0 aliphatic heterocycles.